The first-order valence-corrected chi connectivity index (χ1v) is 7.47. The van der Waals surface area contributed by atoms with Crippen molar-refractivity contribution >= 4 is 22.7 Å². The van der Waals surface area contributed by atoms with Gasteiger partial charge in [0.25, 0.3) is 0 Å². The molecule has 90 valence electrons. The molecular weight excluding hydrogens is 246 g/mol. The van der Waals surface area contributed by atoms with Crippen LogP contribution < -0.4 is 5.32 Å². The Labute approximate surface area is 111 Å². The minimum Gasteiger partial charge on any atom is -0.308 e. The van der Waals surface area contributed by atoms with E-state index in [9.17, 15) is 0 Å². The van der Waals surface area contributed by atoms with Gasteiger partial charge in [-0.15, -0.1) is 22.7 Å². The van der Waals surface area contributed by atoms with E-state index in [-0.39, 0.29) is 0 Å². The molecule has 0 saturated carbocycles. The lowest BCUT2D eigenvalue weighted by atomic mass is 10.2. The van der Waals surface area contributed by atoms with Crippen molar-refractivity contribution < 1.29 is 0 Å². The van der Waals surface area contributed by atoms with Crippen molar-refractivity contribution in [3.63, 3.8) is 0 Å². The molecule has 3 heteroatoms. The van der Waals surface area contributed by atoms with E-state index >= 15 is 0 Å². The van der Waals surface area contributed by atoms with E-state index in [1.54, 1.807) is 11.3 Å². The number of hydrogen-bond acceptors (Lipinski definition) is 3. The van der Waals surface area contributed by atoms with Crippen LogP contribution >= 0.6 is 22.7 Å². The molecule has 0 spiro atoms. The molecule has 1 N–H and O–H groups in total. The molecule has 0 bridgehead atoms. The minimum atomic E-state index is 0.953. The van der Waals surface area contributed by atoms with E-state index in [2.05, 4.69) is 54.2 Å². The van der Waals surface area contributed by atoms with Crippen LogP contribution in [-0.4, -0.2) is 6.54 Å². The first kappa shape index (κ1) is 12.6. The van der Waals surface area contributed by atoms with Crippen molar-refractivity contribution in [2.75, 3.05) is 6.54 Å². The van der Waals surface area contributed by atoms with E-state index in [1.165, 1.54) is 20.9 Å². The number of thiophene rings is 2. The highest BCUT2D eigenvalue weighted by atomic mass is 32.1. The van der Waals surface area contributed by atoms with Crippen LogP contribution in [0.5, 0.6) is 0 Å². The van der Waals surface area contributed by atoms with Gasteiger partial charge in [-0.05, 0) is 36.7 Å². The molecule has 2 rings (SSSR count). The van der Waals surface area contributed by atoms with Gasteiger partial charge in [0.05, 0.1) is 0 Å². The van der Waals surface area contributed by atoms with E-state index in [0.29, 0.717) is 0 Å². The second kappa shape index (κ2) is 6.15. The number of nitrogens with one attached hydrogen (secondary N) is 1. The average Bonchev–Trinajstić information content (AvgIpc) is 2.94. The van der Waals surface area contributed by atoms with Crippen LogP contribution in [0.25, 0.3) is 10.4 Å². The van der Waals surface area contributed by atoms with Crippen molar-refractivity contribution in [3.05, 3.63) is 45.5 Å². The lowest BCUT2D eigenvalue weighted by molar-refractivity contribution is 0.767. The SMILES string of the molecule is CC(C)=CCNCc1cc(-c2cccs2)cs1. The highest BCUT2D eigenvalue weighted by Crippen LogP contribution is 2.29. The van der Waals surface area contributed by atoms with Gasteiger partial charge in [-0.25, -0.2) is 0 Å². The third-order valence-corrected chi connectivity index (χ3v) is 4.27. The quantitative estimate of drug-likeness (QED) is 0.617. The Morgan fingerprint density at radius 2 is 2.24 bits per heavy atom. The van der Waals surface area contributed by atoms with Crippen LogP contribution in [0.4, 0.5) is 0 Å². The van der Waals surface area contributed by atoms with Crippen molar-refractivity contribution in [3.8, 4) is 10.4 Å². The van der Waals surface area contributed by atoms with Gasteiger partial charge in [-0.2, -0.15) is 0 Å². The summed E-state index contributed by atoms with van der Waals surface area (Å²) in [6.07, 6.45) is 2.22. The Bertz CT molecular complexity index is 476. The Kier molecular flexibility index (Phi) is 4.54. The van der Waals surface area contributed by atoms with Crippen molar-refractivity contribution in [2.24, 2.45) is 0 Å². The fourth-order valence-electron chi connectivity index (χ4n) is 1.52. The molecule has 0 aliphatic heterocycles. The summed E-state index contributed by atoms with van der Waals surface area (Å²) in [4.78, 5) is 2.76. The highest BCUT2D eigenvalue weighted by Gasteiger charge is 2.02. The standard InChI is InChI=1S/C14H17NS2/c1-11(2)5-6-15-9-13-8-12(10-17-13)14-4-3-7-16-14/h3-5,7-8,10,15H,6,9H2,1-2H3. The van der Waals surface area contributed by atoms with E-state index in [1.807, 2.05) is 11.3 Å². The summed E-state index contributed by atoms with van der Waals surface area (Å²) in [6, 6.07) is 6.56. The number of allylic oxidation sites excluding steroid dienone is 1. The Hall–Kier alpha value is -0.900. The molecule has 17 heavy (non-hydrogen) atoms. The highest BCUT2D eigenvalue weighted by molar-refractivity contribution is 7.14. The second-order valence-electron chi connectivity index (χ2n) is 4.19. The topological polar surface area (TPSA) is 12.0 Å². The molecule has 0 aliphatic rings. The first-order valence-electron chi connectivity index (χ1n) is 5.71. The number of rotatable bonds is 5. The predicted octanol–water partition coefficient (Wildman–Crippen LogP) is 4.53. The Balaban J connectivity index is 1.89. The van der Waals surface area contributed by atoms with E-state index in [0.717, 1.165) is 13.1 Å². The summed E-state index contributed by atoms with van der Waals surface area (Å²) in [6.45, 7) is 6.16. The summed E-state index contributed by atoms with van der Waals surface area (Å²) in [5.74, 6) is 0. The molecule has 0 aliphatic carbocycles. The molecular formula is C14H17NS2. The van der Waals surface area contributed by atoms with Gasteiger partial charge in [0.15, 0.2) is 0 Å². The molecule has 0 radical (unpaired) electrons. The normalized spacial score (nSPS) is 10.5. The zero-order chi connectivity index (χ0) is 12.1. The summed E-state index contributed by atoms with van der Waals surface area (Å²) in [7, 11) is 0. The maximum Gasteiger partial charge on any atom is 0.0351 e. The van der Waals surface area contributed by atoms with E-state index < -0.39 is 0 Å². The fraction of sp³-hybridized carbons (Fsp3) is 0.286. The Morgan fingerprint density at radius 1 is 1.35 bits per heavy atom. The van der Waals surface area contributed by atoms with Gasteiger partial charge in [-0.1, -0.05) is 17.7 Å². The smallest absolute Gasteiger partial charge is 0.0351 e. The predicted molar refractivity (Wildman–Crippen MR) is 78.8 cm³/mol. The van der Waals surface area contributed by atoms with Gasteiger partial charge in [0.1, 0.15) is 0 Å². The van der Waals surface area contributed by atoms with Gasteiger partial charge < -0.3 is 5.32 Å². The Morgan fingerprint density at radius 3 is 2.94 bits per heavy atom. The lowest BCUT2D eigenvalue weighted by Crippen LogP contribution is -2.11. The molecule has 2 aromatic heterocycles. The van der Waals surface area contributed by atoms with Crippen LogP contribution in [0.3, 0.4) is 0 Å². The van der Waals surface area contributed by atoms with E-state index in [4.69, 9.17) is 0 Å². The maximum absolute atomic E-state index is 3.43. The molecule has 0 unspecified atom stereocenters. The molecule has 0 amide bonds. The minimum absolute atomic E-state index is 0.953. The summed E-state index contributed by atoms with van der Waals surface area (Å²) in [5, 5.41) is 7.79. The monoisotopic (exact) mass is 263 g/mol. The summed E-state index contributed by atoms with van der Waals surface area (Å²) in [5.41, 5.74) is 2.71. The molecule has 0 aromatic carbocycles. The molecule has 0 fully saturated rings. The molecule has 2 heterocycles. The number of hydrogen-bond donors (Lipinski definition) is 1. The second-order valence-corrected chi connectivity index (χ2v) is 6.13. The van der Waals surface area contributed by atoms with Crippen LogP contribution in [0, 0.1) is 0 Å². The van der Waals surface area contributed by atoms with Gasteiger partial charge >= 0.3 is 0 Å². The van der Waals surface area contributed by atoms with Crippen molar-refractivity contribution in [1.82, 2.24) is 5.32 Å². The molecule has 2 aromatic rings. The van der Waals surface area contributed by atoms with Gasteiger partial charge in [0.2, 0.25) is 0 Å². The molecule has 1 nitrogen and oxygen atoms in total. The fourth-order valence-corrected chi connectivity index (χ4v) is 3.16. The van der Waals surface area contributed by atoms with Crippen LogP contribution in [0.1, 0.15) is 18.7 Å². The van der Waals surface area contributed by atoms with Crippen LogP contribution in [0.2, 0.25) is 0 Å². The van der Waals surface area contributed by atoms with Gasteiger partial charge in [0, 0.05) is 28.4 Å². The average molecular weight is 263 g/mol. The van der Waals surface area contributed by atoms with Gasteiger partial charge in [-0.3, -0.25) is 0 Å². The van der Waals surface area contributed by atoms with Crippen molar-refractivity contribution in [1.29, 1.82) is 0 Å². The van der Waals surface area contributed by atoms with Crippen molar-refractivity contribution in [2.45, 2.75) is 20.4 Å². The lowest BCUT2D eigenvalue weighted by Gasteiger charge is -1.98. The zero-order valence-electron chi connectivity index (χ0n) is 10.2. The third-order valence-electron chi connectivity index (χ3n) is 2.41. The molecule has 0 saturated heterocycles. The third kappa shape index (κ3) is 3.80. The summed E-state index contributed by atoms with van der Waals surface area (Å²) >= 11 is 3.63. The van der Waals surface area contributed by atoms with Crippen LogP contribution in [-0.2, 0) is 6.54 Å². The maximum atomic E-state index is 3.43. The summed E-state index contributed by atoms with van der Waals surface area (Å²) < 4.78 is 0. The molecule has 0 atom stereocenters. The largest absolute Gasteiger partial charge is 0.308 e. The van der Waals surface area contributed by atoms with Crippen LogP contribution in [0.15, 0.2) is 40.6 Å². The first-order chi connectivity index (χ1) is 8.25. The zero-order valence-corrected chi connectivity index (χ0v) is 11.8.